The number of aryl methyl sites for hydroxylation is 2. The number of hydrogen-bond donors (Lipinski definition) is 2. The van der Waals surface area contributed by atoms with Crippen molar-refractivity contribution in [2.24, 2.45) is 0 Å². The summed E-state index contributed by atoms with van der Waals surface area (Å²) in [6, 6.07) is 8.93. The number of rotatable bonds is 4. The zero-order valence-electron chi connectivity index (χ0n) is 17.1. The zero-order valence-corrected chi connectivity index (χ0v) is 17.1. The molecule has 1 aliphatic rings. The van der Waals surface area contributed by atoms with Crippen LogP contribution in [0.2, 0.25) is 0 Å². The van der Waals surface area contributed by atoms with Crippen LogP contribution in [-0.4, -0.2) is 31.0 Å². The number of esters is 1. The van der Waals surface area contributed by atoms with Crippen molar-refractivity contribution in [2.75, 3.05) is 18.6 Å². The normalized spacial score (nSPS) is 17.6. The molecule has 5 nitrogen and oxygen atoms in total. The summed E-state index contributed by atoms with van der Waals surface area (Å²) in [7, 11) is 1.26. The Balaban J connectivity index is 2.17. The van der Waals surface area contributed by atoms with Gasteiger partial charge in [-0.05, 0) is 56.2 Å². The average molecular weight is 420 g/mol. The summed E-state index contributed by atoms with van der Waals surface area (Å²) in [5.41, 5.74) is 3.21. The molecule has 0 aliphatic carbocycles. The fraction of sp³-hybridized carbons (Fsp3) is 0.318. The van der Waals surface area contributed by atoms with Crippen molar-refractivity contribution in [2.45, 2.75) is 33.2 Å². The van der Waals surface area contributed by atoms with Crippen LogP contribution in [0.25, 0.3) is 5.57 Å². The van der Waals surface area contributed by atoms with E-state index in [2.05, 4.69) is 10.1 Å². The van der Waals surface area contributed by atoms with Crippen molar-refractivity contribution in [3.05, 3.63) is 64.3 Å². The second kappa shape index (κ2) is 8.02. The number of allylic oxidation sites excluding steroid dienone is 1. The van der Waals surface area contributed by atoms with E-state index in [0.29, 0.717) is 22.5 Å². The lowest BCUT2D eigenvalue weighted by Gasteiger charge is -2.26. The third kappa shape index (κ3) is 4.14. The quantitative estimate of drug-likeness (QED) is 0.723. The van der Waals surface area contributed by atoms with Crippen molar-refractivity contribution in [3.63, 3.8) is 0 Å². The minimum atomic E-state index is -4.52. The van der Waals surface area contributed by atoms with Gasteiger partial charge in [-0.2, -0.15) is 13.2 Å². The van der Waals surface area contributed by atoms with Gasteiger partial charge in [0.2, 0.25) is 0 Å². The first-order valence-electron chi connectivity index (χ1n) is 9.31. The molecule has 0 saturated heterocycles. The molecule has 0 bridgehead atoms. The van der Waals surface area contributed by atoms with Crippen LogP contribution < -0.4 is 10.2 Å². The molecule has 3 rings (SSSR count). The standard InChI is InChI=1S/C22H23F3N2O3/c1-12-7-13(2)9-16(8-12)27-18-10-15(22(23,24)25)5-6-17(18)20(21(27)29)14(3)26-11-19(28)30-4/h5-10,21,26,29H,11H2,1-4H3/b20-14-. The maximum absolute atomic E-state index is 13.4. The van der Waals surface area contributed by atoms with E-state index in [4.69, 9.17) is 0 Å². The number of fused-ring (bicyclic) bond motifs is 1. The van der Waals surface area contributed by atoms with Gasteiger partial charge in [0, 0.05) is 22.5 Å². The Bertz CT molecular complexity index is 995. The van der Waals surface area contributed by atoms with E-state index in [-0.39, 0.29) is 12.2 Å². The van der Waals surface area contributed by atoms with Crippen LogP contribution in [0.1, 0.15) is 29.2 Å². The molecule has 2 aromatic carbocycles. The van der Waals surface area contributed by atoms with E-state index < -0.39 is 23.9 Å². The van der Waals surface area contributed by atoms with Crippen LogP contribution in [0.15, 0.2) is 42.1 Å². The van der Waals surface area contributed by atoms with E-state index in [1.807, 2.05) is 19.9 Å². The summed E-state index contributed by atoms with van der Waals surface area (Å²) in [4.78, 5) is 12.9. The van der Waals surface area contributed by atoms with E-state index in [1.165, 1.54) is 18.1 Å². The largest absolute Gasteiger partial charge is 0.468 e. The molecule has 2 N–H and O–H groups in total. The molecular formula is C22H23F3N2O3. The van der Waals surface area contributed by atoms with Gasteiger partial charge in [-0.1, -0.05) is 12.1 Å². The molecule has 0 amide bonds. The number of carbonyl (C=O) groups excluding carboxylic acids is 1. The topological polar surface area (TPSA) is 61.8 Å². The molecular weight excluding hydrogens is 397 g/mol. The third-order valence-electron chi connectivity index (χ3n) is 4.99. The summed E-state index contributed by atoms with van der Waals surface area (Å²) in [5.74, 6) is -0.499. The smallest absolute Gasteiger partial charge is 0.416 e. The van der Waals surface area contributed by atoms with Gasteiger partial charge in [-0.15, -0.1) is 0 Å². The van der Waals surface area contributed by atoms with Crippen LogP contribution in [0.3, 0.4) is 0 Å². The fourth-order valence-corrected chi connectivity index (χ4v) is 3.67. The summed E-state index contributed by atoms with van der Waals surface area (Å²) >= 11 is 0. The number of ether oxygens (including phenoxy) is 1. The van der Waals surface area contributed by atoms with Crippen molar-refractivity contribution >= 4 is 22.9 Å². The van der Waals surface area contributed by atoms with Crippen LogP contribution in [0.4, 0.5) is 24.5 Å². The lowest BCUT2D eigenvalue weighted by atomic mass is 10.0. The second-order valence-corrected chi connectivity index (χ2v) is 7.29. The van der Waals surface area contributed by atoms with Gasteiger partial charge in [0.1, 0.15) is 6.54 Å². The highest BCUT2D eigenvalue weighted by molar-refractivity contribution is 5.92. The maximum atomic E-state index is 13.4. The molecule has 2 aromatic rings. The predicted octanol–water partition coefficient (Wildman–Crippen LogP) is 4.29. The van der Waals surface area contributed by atoms with E-state index in [1.54, 1.807) is 19.1 Å². The predicted molar refractivity (Wildman–Crippen MR) is 108 cm³/mol. The number of methoxy groups -OCH3 is 1. The lowest BCUT2D eigenvalue weighted by Crippen LogP contribution is -2.29. The Hall–Kier alpha value is -3.00. The van der Waals surface area contributed by atoms with E-state index in [9.17, 15) is 23.1 Å². The molecule has 30 heavy (non-hydrogen) atoms. The SMILES string of the molecule is COC(=O)CN/C(C)=C1/c2ccc(C(F)(F)F)cc2N(c2cc(C)cc(C)c2)C1O. The van der Waals surface area contributed by atoms with E-state index >= 15 is 0 Å². The molecule has 1 heterocycles. The molecule has 8 heteroatoms. The van der Waals surface area contributed by atoms with Gasteiger partial charge in [0.05, 0.1) is 18.4 Å². The molecule has 1 unspecified atom stereocenters. The first kappa shape index (κ1) is 21.7. The first-order valence-corrected chi connectivity index (χ1v) is 9.31. The summed E-state index contributed by atoms with van der Waals surface area (Å²) in [5, 5.41) is 14.0. The molecule has 0 saturated carbocycles. The highest BCUT2D eigenvalue weighted by Gasteiger charge is 2.38. The second-order valence-electron chi connectivity index (χ2n) is 7.29. The highest BCUT2D eigenvalue weighted by Crippen LogP contribution is 2.47. The van der Waals surface area contributed by atoms with Gasteiger partial charge in [0.15, 0.2) is 6.23 Å². The number of nitrogens with one attached hydrogen (secondary N) is 1. The zero-order chi connectivity index (χ0) is 22.2. The van der Waals surface area contributed by atoms with Gasteiger partial charge in [-0.3, -0.25) is 4.79 Å². The van der Waals surface area contributed by atoms with E-state index in [0.717, 1.165) is 23.3 Å². The molecule has 0 spiro atoms. The van der Waals surface area contributed by atoms with Crippen LogP contribution in [0.5, 0.6) is 0 Å². The average Bonchev–Trinajstić information content (AvgIpc) is 2.95. The lowest BCUT2D eigenvalue weighted by molar-refractivity contribution is -0.139. The van der Waals surface area contributed by atoms with Gasteiger partial charge < -0.3 is 20.1 Å². The number of hydrogen-bond acceptors (Lipinski definition) is 5. The van der Waals surface area contributed by atoms with Crippen molar-refractivity contribution in [3.8, 4) is 0 Å². The molecule has 1 atom stereocenters. The third-order valence-corrected chi connectivity index (χ3v) is 4.99. The number of nitrogens with zero attached hydrogens (tertiary/aromatic N) is 1. The molecule has 1 aliphatic heterocycles. The van der Waals surface area contributed by atoms with Crippen molar-refractivity contribution in [1.82, 2.24) is 5.32 Å². The Labute approximate surface area is 172 Å². The van der Waals surface area contributed by atoms with Crippen molar-refractivity contribution < 1.29 is 27.8 Å². The Morgan fingerprint density at radius 2 is 1.80 bits per heavy atom. The molecule has 0 fully saturated rings. The number of benzene rings is 2. The van der Waals surface area contributed by atoms with Gasteiger partial charge in [-0.25, -0.2) is 0 Å². The minimum Gasteiger partial charge on any atom is -0.468 e. The monoisotopic (exact) mass is 420 g/mol. The summed E-state index contributed by atoms with van der Waals surface area (Å²) < 4.78 is 44.7. The van der Waals surface area contributed by atoms with Crippen LogP contribution in [-0.2, 0) is 15.7 Å². The van der Waals surface area contributed by atoms with Crippen LogP contribution in [0, 0.1) is 13.8 Å². The van der Waals surface area contributed by atoms with Gasteiger partial charge >= 0.3 is 12.1 Å². The Morgan fingerprint density at radius 1 is 1.17 bits per heavy atom. The first-order chi connectivity index (χ1) is 14.0. The highest BCUT2D eigenvalue weighted by atomic mass is 19.4. The van der Waals surface area contributed by atoms with Crippen molar-refractivity contribution in [1.29, 1.82) is 0 Å². The van der Waals surface area contributed by atoms with Crippen LogP contribution >= 0.6 is 0 Å². The number of halogens is 3. The number of anilines is 2. The Morgan fingerprint density at radius 3 is 2.37 bits per heavy atom. The molecule has 0 radical (unpaired) electrons. The summed E-state index contributed by atoms with van der Waals surface area (Å²) in [6.07, 6.45) is -5.74. The molecule has 0 aromatic heterocycles. The Kier molecular flexibility index (Phi) is 5.81. The summed E-state index contributed by atoms with van der Waals surface area (Å²) in [6.45, 7) is 5.30. The van der Waals surface area contributed by atoms with Gasteiger partial charge in [0.25, 0.3) is 0 Å². The maximum Gasteiger partial charge on any atom is 0.416 e. The number of alkyl halides is 3. The minimum absolute atomic E-state index is 0.127. The number of carbonyl (C=O) groups is 1. The number of aliphatic hydroxyl groups is 1. The fourth-order valence-electron chi connectivity index (χ4n) is 3.67. The number of aliphatic hydroxyl groups excluding tert-OH is 1. The molecule has 160 valence electrons.